The van der Waals surface area contributed by atoms with Crippen LogP contribution in [0.15, 0.2) is 24.3 Å². The first kappa shape index (κ1) is 15.2. The quantitative estimate of drug-likeness (QED) is 0.700. The summed E-state index contributed by atoms with van der Waals surface area (Å²) < 4.78 is 0. The second kappa shape index (κ2) is 8.31. The molecule has 1 rings (SSSR count). The maximum atomic E-state index is 3.65. The van der Waals surface area contributed by atoms with Crippen LogP contribution in [0.3, 0.4) is 0 Å². The normalized spacial score (nSPS) is 12.9. The smallest absolute Gasteiger partial charge is 0.0343 e. The Bertz CT molecular complexity index is 313. The van der Waals surface area contributed by atoms with Crippen LogP contribution in [0.25, 0.3) is 0 Å². The Kier molecular flexibility index (Phi) is 7.04. The Morgan fingerprint density at radius 2 is 1.67 bits per heavy atom. The number of hydrogen-bond acceptors (Lipinski definition) is 1. The molecule has 0 aliphatic rings. The van der Waals surface area contributed by atoms with E-state index in [1.165, 1.54) is 36.8 Å². The Balaban J connectivity index is 2.67. The van der Waals surface area contributed by atoms with Gasteiger partial charge in [-0.15, -0.1) is 0 Å². The van der Waals surface area contributed by atoms with Crippen LogP contribution in [-0.2, 0) is 6.42 Å². The van der Waals surface area contributed by atoms with Gasteiger partial charge in [-0.3, -0.25) is 0 Å². The zero-order valence-electron chi connectivity index (χ0n) is 12.5. The van der Waals surface area contributed by atoms with Crippen LogP contribution >= 0.6 is 0 Å². The molecule has 0 aliphatic heterocycles. The lowest BCUT2D eigenvalue weighted by Crippen LogP contribution is -2.26. The molecule has 1 unspecified atom stereocenters. The predicted octanol–water partition coefficient (Wildman–Crippen LogP) is 4.73. The molecule has 1 heteroatoms. The molecular formula is C17H29N. The molecule has 1 atom stereocenters. The van der Waals surface area contributed by atoms with E-state index in [4.69, 9.17) is 0 Å². The number of aryl methyl sites for hydroxylation is 1. The average Bonchev–Trinajstić information content (AvgIpc) is 2.38. The first-order valence-corrected chi connectivity index (χ1v) is 7.51. The highest BCUT2D eigenvalue weighted by Crippen LogP contribution is 2.22. The second-order valence-electron chi connectivity index (χ2n) is 5.52. The molecule has 0 aliphatic carbocycles. The first-order valence-electron chi connectivity index (χ1n) is 7.51. The Morgan fingerprint density at radius 3 is 2.17 bits per heavy atom. The Morgan fingerprint density at radius 1 is 1.00 bits per heavy atom. The van der Waals surface area contributed by atoms with E-state index >= 15 is 0 Å². The minimum absolute atomic E-state index is 0.491. The maximum absolute atomic E-state index is 3.65. The fourth-order valence-corrected chi connectivity index (χ4v) is 2.31. The van der Waals surface area contributed by atoms with Crippen LogP contribution < -0.4 is 5.32 Å². The summed E-state index contributed by atoms with van der Waals surface area (Å²) in [5, 5.41) is 3.65. The van der Waals surface area contributed by atoms with Crippen molar-refractivity contribution in [2.45, 2.75) is 59.4 Å². The van der Waals surface area contributed by atoms with Crippen molar-refractivity contribution in [3.05, 3.63) is 35.4 Å². The van der Waals surface area contributed by atoms with Gasteiger partial charge < -0.3 is 5.32 Å². The monoisotopic (exact) mass is 247 g/mol. The average molecular weight is 247 g/mol. The molecule has 1 nitrogen and oxygen atoms in total. The summed E-state index contributed by atoms with van der Waals surface area (Å²) in [6.45, 7) is 10.1. The van der Waals surface area contributed by atoms with Crippen molar-refractivity contribution in [1.29, 1.82) is 0 Å². The highest BCUT2D eigenvalue weighted by molar-refractivity contribution is 5.25. The Labute approximate surface area is 113 Å². The summed E-state index contributed by atoms with van der Waals surface area (Å²) in [4.78, 5) is 0. The van der Waals surface area contributed by atoms with E-state index in [1.54, 1.807) is 0 Å². The van der Waals surface area contributed by atoms with Crippen molar-refractivity contribution in [3.63, 3.8) is 0 Å². The molecule has 0 amide bonds. The standard InChI is InChI=1S/C17H29N/c1-5-7-8-15-9-11-16(12-10-15)17(14(3)4)18-13-6-2/h9-12,14,17-18H,5-8,13H2,1-4H3. The molecule has 0 radical (unpaired) electrons. The third kappa shape index (κ3) is 4.81. The lowest BCUT2D eigenvalue weighted by molar-refractivity contribution is 0.412. The molecule has 0 spiro atoms. The summed E-state index contributed by atoms with van der Waals surface area (Å²) in [7, 11) is 0. The first-order chi connectivity index (χ1) is 8.69. The van der Waals surface area contributed by atoms with Gasteiger partial charge in [-0.2, -0.15) is 0 Å². The molecule has 0 fully saturated rings. The molecule has 0 heterocycles. The minimum Gasteiger partial charge on any atom is -0.310 e. The van der Waals surface area contributed by atoms with Crippen molar-refractivity contribution in [1.82, 2.24) is 5.32 Å². The van der Waals surface area contributed by atoms with Gasteiger partial charge in [0, 0.05) is 6.04 Å². The number of unbranched alkanes of at least 4 members (excludes halogenated alkanes) is 1. The summed E-state index contributed by atoms with van der Waals surface area (Å²) in [5.74, 6) is 0.637. The molecule has 0 bridgehead atoms. The number of nitrogens with one attached hydrogen (secondary N) is 1. The summed E-state index contributed by atoms with van der Waals surface area (Å²) in [6, 6.07) is 9.70. The van der Waals surface area contributed by atoms with Crippen molar-refractivity contribution < 1.29 is 0 Å². The maximum Gasteiger partial charge on any atom is 0.0343 e. The van der Waals surface area contributed by atoms with E-state index < -0.39 is 0 Å². The topological polar surface area (TPSA) is 12.0 Å². The molecule has 1 N–H and O–H groups in total. The molecular weight excluding hydrogens is 218 g/mol. The van der Waals surface area contributed by atoms with Gasteiger partial charge in [-0.25, -0.2) is 0 Å². The highest BCUT2D eigenvalue weighted by atomic mass is 14.9. The highest BCUT2D eigenvalue weighted by Gasteiger charge is 2.14. The molecule has 0 saturated heterocycles. The van der Waals surface area contributed by atoms with E-state index in [2.05, 4.69) is 57.3 Å². The molecule has 102 valence electrons. The fraction of sp³-hybridized carbons (Fsp3) is 0.647. The lowest BCUT2D eigenvalue weighted by atomic mass is 9.94. The fourth-order valence-electron chi connectivity index (χ4n) is 2.31. The van der Waals surface area contributed by atoms with Gasteiger partial charge in [0.1, 0.15) is 0 Å². The van der Waals surface area contributed by atoms with Gasteiger partial charge in [-0.1, -0.05) is 58.4 Å². The van der Waals surface area contributed by atoms with E-state index in [-0.39, 0.29) is 0 Å². The van der Waals surface area contributed by atoms with E-state index in [9.17, 15) is 0 Å². The van der Waals surface area contributed by atoms with Gasteiger partial charge in [-0.05, 0) is 42.9 Å². The summed E-state index contributed by atoms with van der Waals surface area (Å²) >= 11 is 0. The molecule has 1 aromatic rings. The molecule has 0 saturated carbocycles. The van der Waals surface area contributed by atoms with Crippen LogP contribution in [-0.4, -0.2) is 6.54 Å². The van der Waals surface area contributed by atoms with E-state index in [1.807, 2.05) is 0 Å². The third-order valence-electron chi connectivity index (χ3n) is 3.44. The van der Waals surface area contributed by atoms with Gasteiger partial charge in [0.15, 0.2) is 0 Å². The van der Waals surface area contributed by atoms with Crippen molar-refractivity contribution >= 4 is 0 Å². The van der Waals surface area contributed by atoms with Gasteiger partial charge in [0.05, 0.1) is 0 Å². The third-order valence-corrected chi connectivity index (χ3v) is 3.44. The minimum atomic E-state index is 0.491. The zero-order chi connectivity index (χ0) is 13.4. The number of rotatable bonds is 8. The SMILES string of the molecule is CCCCc1ccc(C(NCCC)C(C)C)cc1. The van der Waals surface area contributed by atoms with Crippen LogP contribution in [0.5, 0.6) is 0 Å². The number of benzene rings is 1. The van der Waals surface area contributed by atoms with Crippen molar-refractivity contribution in [3.8, 4) is 0 Å². The van der Waals surface area contributed by atoms with E-state index in [0.717, 1.165) is 6.54 Å². The van der Waals surface area contributed by atoms with Gasteiger partial charge in [0.2, 0.25) is 0 Å². The molecule has 1 aromatic carbocycles. The zero-order valence-corrected chi connectivity index (χ0v) is 12.5. The Hall–Kier alpha value is -0.820. The molecule has 18 heavy (non-hydrogen) atoms. The van der Waals surface area contributed by atoms with Crippen LogP contribution in [0.1, 0.15) is 64.1 Å². The summed E-state index contributed by atoms with van der Waals surface area (Å²) in [5.41, 5.74) is 2.90. The second-order valence-corrected chi connectivity index (χ2v) is 5.52. The van der Waals surface area contributed by atoms with Gasteiger partial charge in [0.25, 0.3) is 0 Å². The van der Waals surface area contributed by atoms with Crippen LogP contribution in [0.2, 0.25) is 0 Å². The lowest BCUT2D eigenvalue weighted by Gasteiger charge is -2.23. The van der Waals surface area contributed by atoms with Crippen LogP contribution in [0.4, 0.5) is 0 Å². The van der Waals surface area contributed by atoms with Gasteiger partial charge >= 0.3 is 0 Å². The van der Waals surface area contributed by atoms with Crippen LogP contribution in [0, 0.1) is 5.92 Å². The summed E-state index contributed by atoms with van der Waals surface area (Å²) in [6.07, 6.45) is 4.97. The van der Waals surface area contributed by atoms with E-state index in [0.29, 0.717) is 12.0 Å². The number of hydrogen-bond donors (Lipinski definition) is 1. The van der Waals surface area contributed by atoms with Crippen molar-refractivity contribution in [2.75, 3.05) is 6.54 Å². The molecule has 0 aromatic heterocycles. The predicted molar refractivity (Wildman–Crippen MR) is 80.9 cm³/mol. The largest absolute Gasteiger partial charge is 0.310 e. The van der Waals surface area contributed by atoms with Crippen molar-refractivity contribution in [2.24, 2.45) is 5.92 Å².